The molecule has 168 valence electrons. The number of ether oxygens (including phenoxy) is 1. The van der Waals surface area contributed by atoms with Gasteiger partial charge in [0.25, 0.3) is 11.1 Å². The summed E-state index contributed by atoms with van der Waals surface area (Å²) in [5.74, 6) is 0.369. The van der Waals surface area contributed by atoms with E-state index in [-0.39, 0.29) is 17.7 Å². The molecule has 6 heteroatoms. The first-order chi connectivity index (χ1) is 16.6. The van der Waals surface area contributed by atoms with Crippen molar-refractivity contribution < 1.29 is 14.3 Å². The van der Waals surface area contributed by atoms with Gasteiger partial charge in [0.2, 0.25) is 0 Å². The van der Waals surface area contributed by atoms with Gasteiger partial charge in [-0.05, 0) is 63.5 Å². The van der Waals surface area contributed by atoms with E-state index in [0.29, 0.717) is 22.3 Å². The molecular formula is C28H20ClNO3S. The molecule has 0 aromatic heterocycles. The highest BCUT2D eigenvalue weighted by Gasteiger charge is 2.35. The fourth-order valence-electron chi connectivity index (χ4n) is 3.86. The summed E-state index contributed by atoms with van der Waals surface area (Å²) in [6.07, 6.45) is 1.72. The number of rotatable bonds is 6. The van der Waals surface area contributed by atoms with Crippen LogP contribution in [-0.4, -0.2) is 16.0 Å². The average Bonchev–Trinajstić information content (AvgIpc) is 3.11. The second-order valence-electron chi connectivity index (χ2n) is 7.86. The quantitative estimate of drug-likeness (QED) is 0.269. The lowest BCUT2D eigenvalue weighted by atomic mass is 10.1. The summed E-state index contributed by atoms with van der Waals surface area (Å²) in [5, 5.41) is 2.55. The van der Waals surface area contributed by atoms with Gasteiger partial charge in [-0.1, -0.05) is 84.4 Å². The van der Waals surface area contributed by atoms with E-state index in [0.717, 1.165) is 33.8 Å². The molecular weight excluding hydrogens is 466 g/mol. The van der Waals surface area contributed by atoms with Gasteiger partial charge in [0.05, 0.1) is 11.4 Å². The normalized spacial score (nSPS) is 14.9. The zero-order chi connectivity index (χ0) is 23.5. The summed E-state index contributed by atoms with van der Waals surface area (Å²) in [6, 6.07) is 29.1. The van der Waals surface area contributed by atoms with Gasteiger partial charge in [0.15, 0.2) is 0 Å². The number of amides is 2. The van der Waals surface area contributed by atoms with Gasteiger partial charge < -0.3 is 4.74 Å². The molecule has 2 amide bonds. The van der Waals surface area contributed by atoms with Crippen LogP contribution in [0.4, 0.5) is 4.79 Å². The molecule has 1 heterocycles. The Hall–Kier alpha value is -3.54. The summed E-state index contributed by atoms with van der Waals surface area (Å²) < 4.78 is 6.05. The van der Waals surface area contributed by atoms with Crippen molar-refractivity contribution in [1.82, 2.24) is 4.90 Å². The van der Waals surface area contributed by atoms with E-state index in [1.165, 1.54) is 10.3 Å². The Morgan fingerprint density at radius 1 is 0.853 bits per heavy atom. The third-order valence-electron chi connectivity index (χ3n) is 5.59. The molecule has 0 bridgehead atoms. The molecule has 4 nitrogen and oxygen atoms in total. The van der Waals surface area contributed by atoms with Crippen LogP contribution in [0.3, 0.4) is 0 Å². The maximum absolute atomic E-state index is 12.9. The molecule has 0 atom stereocenters. The standard InChI is InChI=1S/C28H20ClNO3S/c29-25-14-4-2-9-21(25)17-30-27(31)26(34-28(30)32)16-19-7-5-12-23(15-19)33-18-22-11-6-10-20-8-1-3-13-24(20)22/h1-16H,17-18H2/b26-16+. The van der Waals surface area contributed by atoms with Gasteiger partial charge >= 0.3 is 0 Å². The molecule has 0 aliphatic carbocycles. The monoisotopic (exact) mass is 485 g/mol. The largest absolute Gasteiger partial charge is 0.489 e. The van der Waals surface area contributed by atoms with Crippen molar-refractivity contribution in [1.29, 1.82) is 0 Å². The highest BCUT2D eigenvalue weighted by atomic mass is 35.5. The first-order valence-electron chi connectivity index (χ1n) is 10.8. The molecule has 5 rings (SSSR count). The number of carbonyl (C=O) groups excluding carboxylic acids is 2. The molecule has 1 aliphatic heterocycles. The maximum Gasteiger partial charge on any atom is 0.293 e. The number of hydrogen-bond acceptors (Lipinski definition) is 4. The zero-order valence-corrected chi connectivity index (χ0v) is 19.7. The smallest absolute Gasteiger partial charge is 0.293 e. The molecule has 34 heavy (non-hydrogen) atoms. The van der Waals surface area contributed by atoms with Gasteiger partial charge in [-0.15, -0.1) is 0 Å². The third-order valence-corrected chi connectivity index (χ3v) is 6.87. The predicted octanol–water partition coefficient (Wildman–Crippen LogP) is 7.31. The molecule has 0 radical (unpaired) electrons. The van der Waals surface area contributed by atoms with Gasteiger partial charge in [-0.2, -0.15) is 0 Å². The number of fused-ring (bicyclic) bond motifs is 1. The van der Waals surface area contributed by atoms with Crippen molar-refractivity contribution in [3.05, 3.63) is 118 Å². The fraction of sp³-hybridized carbons (Fsp3) is 0.0714. The van der Waals surface area contributed by atoms with Gasteiger partial charge in [-0.25, -0.2) is 0 Å². The third kappa shape index (κ3) is 4.72. The minimum absolute atomic E-state index is 0.149. The Morgan fingerprint density at radius 2 is 1.59 bits per heavy atom. The first kappa shape index (κ1) is 22.3. The van der Waals surface area contributed by atoms with Crippen LogP contribution in [0.1, 0.15) is 16.7 Å². The van der Waals surface area contributed by atoms with Gasteiger partial charge in [-0.3, -0.25) is 14.5 Å². The van der Waals surface area contributed by atoms with Crippen LogP contribution in [0.25, 0.3) is 16.8 Å². The number of imide groups is 1. The van der Waals surface area contributed by atoms with Crippen molar-refractivity contribution in [3.63, 3.8) is 0 Å². The SMILES string of the molecule is O=C1S/C(=C/c2cccc(OCc3cccc4ccccc34)c2)C(=O)N1Cc1ccccc1Cl. The second-order valence-corrected chi connectivity index (χ2v) is 9.26. The Labute approximate surface area is 206 Å². The fourth-order valence-corrected chi connectivity index (χ4v) is 4.89. The Balaban J connectivity index is 1.31. The Kier molecular flexibility index (Phi) is 6.39. The predicted molar refractivity (Wildman–Crippen MR) is 138 cm³/mol. The van der Waals surface area contributed by atoms with Crippen LogP contribution in [0.5, 0.6) is 5.75 Å². The Bertz CT molecular complexity index is 1430. The molecule has 1 aliphatic rings. The molecule has 0 N–H and O–H groups in total. The zero-order valence-electron chi connectivity index (χ0n) is 18.1. The molecule has 0 unspecified atom stereocenters. The van der Waals surface area contributed by atoms with E-state index in [1.807, 2.05) is 60.7 Å². The van der Waals surface area contributed by atoms with E-state index >= 15 is 0 Å². The van der Waals surface area contributed by atoms with Crippen molar-refractivity contribution in [2.24, 2.45) is 0 Å². The minimum atomic E-state index is -0.322. The lowest BCUT2D eigenvalue weighted by Crippen LogP contribution is -2.27. The number of benzene rings is 4. The molecule has 1 saturated heterocycles. The molecule has 0 spiro atoms. The number of halogens is 1. The van der Waals surface area contributed by atoms with E-state index < -0.39 is 0 Å². The van der Waals surface area contributed by atoms with E-state index in [9.17, 15) is 9.59 Å². The van der Waals surface area contributed by atoms with Crippen LogP contribution in [-0.2, 0) is 17.9 Å². The van der Waals surface area contributed by atoms with Crippen LogP contribution < -0.4 is 4.74 Å². The summed E-state index contributed by atoms with van der Waals surface area (Å²) in [4.78, 5) is 27.0. The first-order valence-corrected chi connectivity index (χ1v) is 12.0. The van der Waals surface area contributed by atoms with Crippen LogP contribution in [0, 0.1) is 0 Å². The molecule has 4 aromatic rings. The van der Waals surface area contributed by atoms with Gasteiger partial charge in [0.1, 0.15) is 12.4 Å². The highest BCUT2D eigenvalue weighted by molar-refractivity contribution is 8.18. The lowest BCUT2D eigenvalue weighted by molar-refractivity contribution is -0.123. The topological polar surface area (TPSA) is 46.6 Å². The summed E-state index contributed by atoms with van der Waals surface area (Å²) >= 11 is 7.14. The van der Waals surface area contributed by atoms with Crippen molar-refractivity contribution in [2.75, 3.05) is 0 Å². The number of hydrogen-bond donors (Lipinski definition) is 0. The Morgan fingerprint density at radius 3 is 2.47 bits per heavy atom. The van der Waals surface area contributed by atoms with E-state index in [2.05, 4.69) is 24.3 Å². The van der Waals surface area contributed by atoms with Crippen LogP contribution in [0.2, 0.25) is 5.02 Å². The maximum atomic E-state index is 12.9. The van der Waals surface area contributed by atoms with Gasteiger partial charge in [0, 0.05) is 5.02 Å². The van der Waals surface area contributed by atoms with Crippen molar-refractivity contribution >= 4 is 51.4 Å². The summed E-state index contributed by atoms with van der Waals surface area (Å²) in [7, 11) is 0. The molecule has 1 fully saturated rings. The molecule has 0 saturated carbocycles. The van der Waals surface area contributed by atoms with Crippen LogP contribution >= 0.6 is 23.4 Å². The molecule has 4 aromatic carbocycles. The number of thioether (sulfide) groups is 1. The van der Waals surface area contributed by atoms with Crippen molar-refractivity contribution in [2.45, 2.75) is 13.2 Å². The van der Waals surface area contributed by atoms with Crippen LogP contribution in [0.15, 0.2) is 95.9 Å². The summed E-state index contributed by atoms with van der Waals surface area (Å²) in [6.45, 7) is 0.578. The van der Waals surface area contributed by atoms with E-state index in [1.54, 1.807) is 12.1 Å². The van der Waals surface area contributed by atoms with Crippen molar-refractivity contribution in [3.8, 4) is 5.75 Å². The summed E-state index contributed by atoms with van der Waals surface area (Å²) in [5.41, 5.74) is 2.62. The lowest BCUT2D eigenvalue weighted by Gasteiger charge is -2.13. The highest BCUT2D eigenvalue weighted by Crippen LogP contribution is 2.34. The second kappa shape index (κ2) is 9.75. The average molecular weight is 486 g/mol. The minimum Gasteiger partial charge on any atom is -0.489 e. The number of carbonyl (C=O) groups is 2. The van der Waals surface area contributed by atoms with E-state index in [4.69, 9.17) is 16.3 Å². The number of nitrogens with zero attached hydrogens (tertiary/aromatic N) is 1.